The number of hydrogen-bond donors (Lipinski definition) is 4. The van der Waals surface area contributed by atoms with Gasteiger partial charge in [-0.3, -0.25) is 38.4 Å². The van der Waals surface area contributed by atoms with Gasteiger partial charge in [0.1, 0.15) is 65.5 Å². The number of hydrogen-bond acceptors (Lipinski definition) is 24. The maximum absolute atomic E-state index is 13.7. The summed E-state index contributed by atoms with van der Waals surface area (Å²) in [4.78, 5) is 97.8. The van der Waals surface area contributed by atoms with Crippen molar-refractivity contribution in [2.24, 2.45) is 0 Å². The molecule has 0 aliphatic heterocycles. The highest BCUT2D eigenvalue weighted by Crippen LogP contribution is 2.49. The molecule has 24 heteroatoms. The van der Waals surface area contributed by atoms with Crippen molar-refractivity contribution >= 4 is 159 Å². The van der Waals surface area contributed by atoms with Gasteiger partial charge in [-0.2, -0.15) is 0 Å². The molecule has 0 aliphatic carbocycles. The number of rotatable bonds is 28. The minimum Gasteiger partial charge on any atom is -0.508 e. The number of thiophene rings is 4. The zero-order chi connectivity index (χ0) is 94.1. The lowest BCUT2D eigenvalue weighted by atomic mass is 9.94. The zero-order valence-electron chi connectivity index (χ0n) is 73.7. The third kappa shape index (κ3) is 22.0. The molecule has 0 bridgehead atoms. The summed E-state index contributed by atoms with van der Waals surface area (Å²) >= 11 is 5.22. The molecule has 0 fully saturated rings. The predicted molar refractivity (Wildman–Crippen MR) is 521 cm³/mol. The maximum atomic E-state index is 13.7. The van der Waals surface area contributed by atoms with Gasteiger partial charge in [0.25, 0.3) is 25.9 Å². The Morgan fingerprint density at radius 2 is 0.462 bits per heavy atom. The third-order valence-electron chi connectivity index (χ3n) is 21.5. The number of phenolic OH excluding ortho intramolecular Hbond substituents is 4. The number of ether oxygens (including phenoxy) is 8. The Bertz CT molecular complexity index is 6760. The lowest BCUT2D eigenvalue weighted by Gasteiger charge is -2.12. The van der Waals surface area contributed by atoms with Gasteiger partial charge in [-0.25, -0.2) is 0 Å². The summed E-state index contributed by atoms with van der Waals surface area (Å²) in [6.07, 6.45) is 11.8. The molecule has 0 spiro atoms. The van der Waals surface area contributed by atoms with Crippen LogP contribution in [-0.4, -0.2) is 69.4 Å². The fourth-order valence-electron chi connectivity index (χ4n) is 15.0. The number of fused-ring (bicyclic) bond motifs is 4. The number of carbonyl (C=O) groups is 8. The lowest BCUT2D eigenvalue weighted by molar-refractivity contribution is -0.124. The molecule has 0 aliphatic rings. The fourth-order valence-corrected chi connectivity index (χ4v) is 19.5. The molecule has 16 rings (SSSR count). The van der Waals surface area contributed by atoms with Gasteiger partial charge in [0, 0.05) is 62.6 Å². The van der Waals surface area contributed by atoms with Crippen LogP contribution in [0.3, 0.4) is 0 Å². The van der Waals surface area contributed by atoms with Crippen LogP contribution in [0.1, 0.15) is 150 Å². The summed E-state index contributed by atoms with van der Waals surface area (Å²) in [5.74, 6) is 4.20. The monoisotopic (exact) mass is 1830 g/mol. The van der Waals surface area contributed by atoms with Crippen LogP contribution in [0.2, 0.25) is 0 Å². The number of phenols is 4. The number of benzene rings is 12. The molecule has 0 unspecified atom stereocenters. The molecule has 0 saturated carbocycles. The van der Waals surface area contributed by atoms with Gasteiger partial charge in [0.05, 0.1) is 25.0 Å². The zero-order valence-corrected chi connectivity index (χ0v) is 76.9. The van der Waals surface area contributed by atoms with Crippen molar-refractivity contribution in [2.45, 2.75) is 83.1 Å². The van der Waals surface area contributed by atoms with Gasteiger partial charge in [-0.1, -0.05) is 108 Å². The SMILES string of the molecule is Cc1cc(C)c(C(=O)c2sc3cc(O)ccc3c2Oc2ccc(/C=C/OC=O)cc2)c(C)c1.Cc1cc(C)c(C(=O)c2sc3cc(O)ccc3c2Oc2ccc(/C=C/OC=O)cc2)c(C)c1.Cc1ccc(C)c(C(=O)c2sc3cc(O)ccc3c2Oc2ccc(/C=C/OC=O)cc2)c1C.Cc1ccc(C)c(C(=O)c2sc3cc(O)ccc3c2Oc2ccc(/C=C/OC=O)cc2)c1C. The molecule has 4 aromatic heterocycles. The van der Waals surface area contributed by atoms with E-state index in [1.54, 1.807) is 146 Å². The van der Waals surface area contributed by atoms with Gasteiger partial charge in [0.15, 0.2) is 23.0 Å². The van der Waals surface area contributed by atoms with E-state index in [0.717, 1.165) is 129 Å². The largest absolute Gasteiger partial charge is 0.508 e. The molecular weight excluding hydrogens is 1750 g/mol. The van der Waals surface area contributed by atoms with E-state index in [-0.39, 0.29) is 46.1 Å². The van der Waals surface area contributed by atoms with Crippen LogP contribution in [0.25, 0.3) is 64.6 Å². The van der Waals surface area contributed by atoms with Gasteiger partial charge >= 0.3 is 0 Å². The van der Waals surface area contributed by atoms with E-state index < -0.39 is 0 Å². The van der Waals surface area contributed by atoms with Crippen molar-refractivity contribution < 1.29 is 96.7 Å². The molecule has 0 atom stereocenters. The molecule has 4 heterocycles. The molecule has 20 nitrogen and oxygen atoms in total. The Balaban J connectivity index is 0.000000150. The van der Waals surface area contributed by atoms with Crippen molar-refractivity contribution in [3.63, 3.8) is 0 Å². The Labute approximate surface area is 776 Å². The van der Waals surface area contributed by atoms with Crippen molar-refractivity contribution in [1.29, 1.82) is 0 Å². The first kappa shape index (κ1) is 94.0. The molecule has 0 saturated heterocycles. The Hall–Kier alpha value is -15.6. The first-order valence-corrected chi connectivity index (χ1v) is 44.4. The van der Waals surface area contributed by atoms with E-state index in [1.165, 1.54) is 70.4 Å². The quantitative estimate of drug-likeness (QED) is 0.0153. The predicted octanol–water partition coefficient (Wildman–Crippen LogP) is 26.8. The summed E-state index contributed by atoms with van der Waals surface area (Å²) in [6, 6.07) is 64.6. The van der Waals surface area contributed by atoms with Crippen LogP contribution in [0.4, 0.5) is 0 Å². The Morgan fingerprint density at radius 1 is 0.250 bits per heavy atom. The van der Waals surface area contributed by atoms with E-state index in [0.29, 0.717) is 114 Å². The number of ketones is 4. The Kier molecular flexibility index (Phi) is 30.3. The van der Waals surface area contributed by atoms with Gasteiger partial charge < -0.3 is 58.3 Å². The van der Waals surface area contributed by atoms with E-state index in [1.807, 2.05) is 180 Å². The molecule has 4 N–H and O–H groups in total. The van der Waals surface area contributed by atoms with Gasteiger partial charge in [0.2, 0.25) is 23.1 Å². The van der Waals surface area contributed by atoms with E-state index in [2.05, 4.69) is 18.9 Å². The summed E-state index contributed by atoms with van der Waals surface area (Å²) in [5, 5.41) is 42.9. The van der Waals surface area contributed by atoms with Crippen molar-refractivity contribution in [1.82, 2.24) is 0 Å². The number of aromatic hydroxyl groups is 4. The van der Waals surface area contributed by atoms with Crippen LogP contribution in [0.15, 0.2) is 243 Å². The van der Waals surface area contributed by atoms with Crippen molar-refractivity contribution in [3.8, 4) is 69.0 Å². The molecule has 12 aromatic carbocycles. The van der Waals surface area contributed by atoms with E-state index >= 15 is 0 Å². The highest BCUT2D eigenvalue weighted by Gasteiger charge is 2.31. The van der Waals surface area contributed by atoms with Crippen LogP contribution in [0, 0.1) is 83.1 Å². The van der Waals surface area contributed by atoms with E-state index in [9.17, 15) is 58.8 Å². The molecule has 664 valence electrons. The first-order valence-electron chi connectivity index (χ1n) is 41.2. The molecule has 132 heavy (non-hydrogen) atoms. The average Bonchev–Trinajstić information content (AvgIpc) is 1.62. The summed E-state index contributed by atoms with van der Waals surface area (Å²) in [6.45, 7) is 24.9. The number of carbonyl (C=O) groups excluding carboxylic acids is 8. The van der Waals surface area contributed by atoms with Crippen molar-refractivity contribution in [2.75, 3.05) is 0 Å². The Morgan fingerprint density at radius 3 is 0.682 bits per heavy atom. The molecule has 16 aromatic rings. The first-order chi connectivity index (χ1) is 63.5. The second kappa shape index (κ2) is 42.5. The maximum Gasteiger partial charge on any atom is 0.297 e. The molecule has 0 radical (unpaired) electrons. The second-order valence-corrected chi connectivity index (χ2v) is 35.1. The molecular formula is C108H88O20S4. The number of aryl methyl sites for hydroxylation is 10. The standard InChI is InChI=1S/4C27H22O5S/c2*1-16-12-17(2)24(18(3)13-16)25(30)27-26(22-9-6-20(29)14-23(22)33-27)32-21-7-4-19(5-8-21)10-11-31-15-28;2*1-16-4-5-17(2)24(18(16)3)25(30)27-26(22-11-8-20(29)14-23(22)33-27)32-21-9-6-19(7-10-21)12-13-31-15-28/h4*4-15,29H,1-3H3/b2*11-10+;2*13-12+. The lowest BCUT2D eigenvalue weighted by Crippen LogP contribution is -2.07. The average molecular weight is 1830 g/mol. The van der Waals surface area contributed by atoms with Crippen molar-refractivity contribution in [3.05, 3.63) is 374 Å². The highest BCUT2D eigenvalue weighted by molar-refractivity contribution is 7.22. The highest BCUT2D eigenvalue weighted by atomic mass is 32.1. The second-order valence-electron chi connectivity index (χ2n) is 30.9. The smallest absolute Gasteiger partial charge is 0.297 e. The van der Waals surface area contributed by atoms with Gasteiger partial charge in [-0.05, 0) is 307 Å². The minimum atomic E-state index is -0.105. The normalized spacial score (nSPS) is 11.1. The van der Waals surface area contributed by atoms with Crippen LogP contribution >= 0.6 is 45.3 Å². The summed E-state index contributed by atoms with van der Waals surface area (Å²) < 4.78 is 46.3. The van der Waals surface area contributed by atoms with Crippen LogP contribution in [0.5, 0.6) is 69.0 Å². The van der Waals surface area contributed by atoms with Gasteiger partial charge in [-0.15, -0.1) is 45.3 Å². The van der Waals surface area contributed by atoms with Crippen LogP contribution in [-0.2, 0) is 38.1 Å². The fraction of sp³-hybridized carbons (Fsp3) is 0.111. The minimum absolute atomic E-state index is 0.102. The summed E-state index contributed by atoms with van der Waals surface area (Å²) in [5.41, 5.74) is 17.6. The van der Waals surface area contributed by atoms with E-state index in [4.69, 9.17) is 18.9 Å². The topological polar surface area (TPSA) is 291 Å². The van der Waals surface area contributed by atoms with Crippen LogP contribution < -0.4 is 18.9 Å². The molecule has 0 amide bonds. The third-order valence-corrected chi connectivity index (χ3v) is 26.0. The summed E-state index contributed by atoms with van der Waals surface area (Å²) in [7, 11) is 0.